The minimum Gasteiger partial charge on any atom is -0.381 e. The van der Waals surface area contributed by atoms with Gasteiger partial charge in [0, 0.05) is 31.7 Å². The number of nitrogens with zero attached hydrogens (tertiary/aromatic N) is 1. The van der Waals surface area contributed by atoms with Gasteiger partial charge in [0.25, 0.3) is 0 Å². The molecule has 3 nitrogen and oxygen atoms in total. The fourth-order valence-corrected chi connectivity index (χ4v) is 2.87. The van der Waals surface area contributed by atoms with E-state index in [0.717, 1.165) is 32.2 Å². The molecule has 1 fully saturated rings. The Labute approximate surface area is 113 Å². The van der Waals surface area contributed by atoms with E-state index in [1.807, 2.05) is 0 Å². The predicted octanol–water partition coefficient (Wildman–Crippen LogP) is 2.37. The molecule has 1 aliphatic heterocycles. The summed E-state index contributed by atoms with van der Waals surface area (Å²) in [5.74, 6) is 1.55. The average molecular weight is 256 g/mol. The molecule has 1 aliphatic rings. The van der Waals surface area contributed by atoms with Gasteiger partial charge in [-0.1, -0.05) is 33.6 Å². The van der Waals surface area contributed by atoms with Crippen molar-refractivity contribution in [3.05, 3.63) is 0 Å². The van der Waals surface area contributed by atoms with Gasteiger partial charge in [-0.05, 0) is 25.9 Å². The van der Waals surface area contributed by atoms with E-state index in [-0.39, 0.29) is 0 Å². The van der Waals surface area contributed by atoms with Crippen LogP contribution >= 0.6 is 0 Å². The molecule has 3 heteroatoms. The zero-order valence-corrected chi connectivity index (χ0v) is 12.7. The van der Waals surface area contributed by atoms with Gasteiger partial charge in [-0.15, -0.1) is 0 Å². The molecule has 108 valence electrons. The lowest BCUT2D eigenvalue weighted by Gasteiger charge is -2.31. The van der Waals surface area contributed by atoms with E-state index in [9.17, 15) is 0 Å². The molecule has 0 spiro atoms. The highest BCUT2D eigenvalue weighted by atomic mass is 16.5. The summed E-state index contributed by atoms with van der Waals surface area (Å²) in [5.41, 5.74) is 0. The number of nitrogens with one attached hydrogen (secondary N) is 1. The molecule has 2 atom stereocenters. The molecule has 0 bridgehead atoms. The Hall–Kier alpha value is -0.120. The third-order valence-electron chi connectivity index (χ3n) is 4.48. The quantitative estimate of drug-likeness (QED) is 0.685. The summed E-state index contributed by atoms with van der Waals surface area (Å²) >= 11 is 0. The lowest BCUT2D eigenvalue weighted by Crippen LogP contribution is -2.45. The number of hydrogen-bond acceptors (Lipinski definition) is 3. The van der Waals surface area contributed by atoms with Crippen LogP contribution in [-0.2, 0) is 4.74 Å². The van der Waals surface area contributed by atoms with Gasteiger partial charge < -0.3 is 15.0 Å². The normalized spacial score (nSPS) is 22.0. The van der Waals surface area contributed by atoms with Gasteiger partial charge in [0.1, 0.15) is 0 Å². The Morgan fingerprint density at radius 2 is 1.94 bits per heavy atom. The van der Waals surface area contributed by atoms with E-state index in [2.05, 4.69) is 38.0 Å². The zero-order valence-electron chi connectivity index (χ0n) is 12.7. The number of rotatable bonds is 9. The van der Waals surface area contributed by atoms with Gasteiger partial charge in [0.05, 0.1) is 6.61 Å². The third-order valence-corrected chi connectivity index (χ3v) is 4.48. The Bertz CT molecular complexity index is 201. The Morgan fingerprint density at radius 3 is 2.39 bits per heavy atom. The third kappa shape index (κ3) is 4.87. The lowest BCUT2D eigenvalue weighted by atomic mass is 9.97. The summed E-state index contributed by atoms with van der Waals surface area (Å²) < 4.78 is 5.52. The highest BCUT2D eigenvalue weighted by molar-refractivity contribution is 4.81. The first-order valence-corrected chi connectivity index (χ1v) is 7.72. The molecule has 1 heterocycles. The molecule has 0 aromatic carbocycles. The van der Waals surface area contributed by atoms with Gasteiger partial charge in [-0.25, -0.2) is 0 Å². The first-order chi connectivity index (χ1) is 8.74. The van der Waals surface area contributed by atoms with Crippen LogP contribution in [0.2, 0.25) is 0 Å². The van der Waals surface area contributed by atoms with Crippen molar-refractivity contribution in [2.75, 3.05) is 39.9 Å². The summed E-state index contributed by atoms with van der Waals surface area (Å²) in [6.07, 6.45) is 3.81. The number of ether oxygens (including phenoxy) is 1. The second kappa shape index (κ2) is 8.89. The van der Waals surface area contributed by atoms with E-state index >= 15 is 0 Å². The van der Waals surface area contributed by atoms with E-state index in [1.54, 1.807) is 0 Å². The molecule has 2 unspecified atom stereocenters. The lowest BCUT2D eigenvalue weighted by molar-refractivity contribution is 0.157. The largest absolute Gasteiger partial charge is 0.381 e. The first kappa shape index (κ1) is 15.9. The molecule has 0 aliphatic carbocycles. The molecular weight excluding hydrogens is 224 g/mol. The molecule has 1 saturated heterocycles. The van der Waals surface area contributed by atoms with Gasteiger partial charge in [0.2, 0.25) is 0 Å². The van der Waals surface area contributed by atoms with E-state index in [4.69, 9.17) is 4.74 Å². The molecule has 1 N–H and O–H groups in total. The van der Waals surface area contributed by atoms with Gasteiger partial charge >= 0.3 is 0 Å². The van der Waals surface area contributed by atoms with Crippen LogP contribution < -0.4 is 5.32 Å². The van der Waals surface area contributed by atoms with E-state index < -0.39 is 0 Å². The number of hydrogen-bond donors (Lipinski definition) is 1. The minimum absolute atomic E-state index is 0.585. The van der Waals surface area contributed by atoms with Crippen molar-refractivity contribution in [1.82, 2.24) is 10.2 Å². The summed E-state index contributed by atoms with van der Waals surface area (Å²) in [4.78, 5) is 2.61. The summed E-state index contributed by atoms with van der Waals surface area (Å²) in [5, 5.41) is 3.50. The average Bonchev–Trinajstić information content (AvgIpc) is 2.93. The smallest absolute Gasteiger partial charge is 0.0510 e. The topological polar surface area (TPSA) is 24.5 Å². The van der Waals surface area contributed by atoms with Gasteiger partial charge in [0.15, 0.2) is 0 Å². The molecule has 0 aromatic heterocycles. The van der Waals surface area contributed by atoms with Crippen LogP contribution in [0.15, 0.2) is 0 Å². The first-order valence-electron chi connectivity index (χ1n) is 7.72. The fourth-order valence-electron chi connectivity index (χ4n) is 2.87. The molecule has 0 aromatic rings. The van der Waals surface area contributed by atoms with Crippen molar-refractivity contribution >= 4 is 0 Å². The van der Waals surface area contributed by atoms with Crippen LogP contribution in [0.5, 0.6) is 0 Å². The van der Waals surface area contributed by atoms with Crippen molar-refractivity contribution in [3.8, 4) is 0 Å². The maximum Gasteiger partial charge on any atom is 0.0510 e. The van der Waals surface area contributed by atoms with Crippen molar-refractivity contribution < 1.29 is 4.74 Å². The van der Waals surface area contributed by atoms with Crippen LogP contribution in [0.1, 0.15) is 40.0 Å². The van der Waals surface area contributed by atoms with Crippen molar-refractivity contribution in [2.45, 2.75) is 46.1 Å². The Kier molecular flexibility index (Phi) is 7.87. The fraction of sp³-hybridized carbons (Fsp3) is 1.00. The SMILES string of the molecule is CCC(CC)CN(CC)CC(NC)C1CCOC1. The molecule has 0 saturated carbocycles. The molecular formula is C15H32N2O. The molecule has 0 amide bonds. The molecule has 0 radical (unpaired) electrons. The monoisotopic (exact) mass is 256 g/mol. The van der Waals surface area contributed by atoms with E-state index in [0.29, 0.717) is 12.0 Å². The van der Waals surface area contributed by atoms with Crippen molar-refractivity contribution in [2.24, 2.45) is 11.8 Å². The second-order valence-corrected chi connectivity index (χ2v) is 5.55. The molecule has 1 rings (SSSR count). The van der Waals surface area contributed by atoms with Gasteiger partial charge in [-0.3, -0.25) is 0 Å². The maximum absolute atomic E-state index is 5.52. The highest BCUT2D eigenvalue weighted by Gasteiger charge is 2.26. The zero-order chi connectivity index (χ0) is 13.4. The van der Waals surface area contributed by atoms with Crippen LogP contribution in [0.3, 0.4) is 0 Å². The standard InChI is InChI=1S/C15H32N2O/c1-5-13(6-2)10-17(7-3)11-15(16-4)14-8-9-18-12-14/h13-16H,5-12H2,1-4H3. The highest BCUT2D eigenvalue weighted by Crippen LogP contribution is 2.18. The maximum atomic E-state index is 5.52. The minimum atomic E-state index is 0.585. The van der Waals surface area contributed by atoms with Crippen LogP contribution in [0.4, 0.5) is 0 Å². The summed E-state index contributed by atoms with van der Waals surface area (Å²) in [7, 11) is 2.09. The van der Waals surface area contributed by atoms with Crippen LogP contribution in [0.25, 0.3) is 0 Å². The van der Waals surface area contributed by atoms with Crippen LogP contribution in [-0.4, -0.2) is 50.8 Å². The predicted molar refractivity (Wildman–Crippen MR) is 78.0 cm³/mol. The summed E-state index contributed by atoms with van der Waals surface area (Å²) in [6, 6.07) is 0.585. The van der Waals surface area contributed by atoms with Crippen LogP contribution in [0, 0.1) is 11.8 Å². The van der Waals surface area contributed by atoms with Crippen molar-refractivity contribution in [3.63, 3.8) is 0 Å². The summed E-state index contributed by atoms with van der Waals surface area (Å²) in [6.45, 7) is 12.3. The van der Waals surface area contributed by atoms with E-state index in [1.165, 1.54) is 25.8 Å². The number of likely N-dealkylation sites (N-methyl/N-ethyl adjacent to an activating group) is 2. The Balaban J connectivity index is 2.43. The second-order valence-electron chi connectivity index (χ2n) is 5.55. The molecule has 18 heavy (non-hydrogen) atoms. The van der Waals surface area contributed by atoms with Gasteiger partial charge in [-0.2, -0.15) is 0 Å². The Morgan fingerprint density at radius 1 is 1.22 bits per heavy atom. The van der Waals surface area contributed by atoms with Crippen molar-refractivity contribution in [1.29, 1.82) is 0 Å².